The molecule has 3 nitrogen and oxygen atoms in total. The Morgan fingerprint density at radius 3 is 2.75 bits per heavy atom. The second-order valence-corrected chi connectivity index (χ2v) is 4.64. The van der Waals surface area contributed by atoms with E-state index in [0.717, 1.165) is 35.6 Å². The van der Waals surface area contributed by atoms with E-state index < -0.39 is 0 Å². The fourth-order valence-electron chi connectivity index (χ4n) is 1.21. The van der Waals surface area contributed by atoms with Crippen LogP contribution in [0.3, 0.4) is 0 Å². The van der Waals surface area contributed by atoms with Crippen LogP contribution in [0.2, 0.25) is 0 Å². The van der Waals surface area contributed by atoms with Gasteiger partial charge < -0.3 is 4.79 Å². The molecule has 1 aromatic heterocycles. The highest BCUT2D eigenvalue weighted by Crippen LogP contribution is 2.46. The van der Waals surface area contributed by atoms with Crippen molar-refractivity contribution in [3.8, 4) is 0 Å². The van der Waals surface area contributed by atoms with E-state index in [-0.39, 0.29) is 5.41 Å². The maximum Gasteiger partial charge on any atom is 0.126 e. The first-order valence-corrected chi connectivity index (χ1v) is 4.81. The maximum absolute atomic E-state index is 10.7. The van der Waals surface area contributed by atoms with Crippen molar-refractivity contribution in [3.05, 3.63) is 10.0 Å². The van der Waals surface area contributed by atoms with Crippen LogP contribution in [-0.4, -0.2) is 16.5 Å². The van der Waals surface area contributed by atoms with Crippen LogP contribution in [0.4, 0.5) is 0 Å². The highest BCUT2D eigenvalue weighted by Gasteiger charge is 2.43. The molecule has 1 aromatic rings. The van der Waals surface area contributed by atoms with Gasteiger partial charge in [-0.3, -0.25) is 0 Å². The Morgan fingerprint density at radius 2 is 2.33 bits per heavy atom. The van der Waals surface area contributed by atoms with Crippen molar-refractivity contribution in [1.29, 1.82) is 0 Å². The van der Waals surface area contributed by atoms with Crippen LogP contribution >= 0.6 is 11.3 Å². The van der Waals surface area contributed by atoms with Crippen molar-refractivity contribution in [3.63, 3.8) is 0 Å². The van der Waals surface area contributed by atoms with Crippen molar-refractivity contribution < 1.29 is 4.79 Å². The number of nitrogens with zero attached hydrogens (tertiary/aromatic N) is 2. The van der Waals surface area contributed by atoms with Crippen LogP contribution in [0.15, 0.2) is 0 Å². The predicted molar refractivity (Wildman–Crippen MR) is 46.1 cm³/mol. The second kappa shape index (κ2) is 2.62. The van der Waals surface area contributed by atoms with Crippen molar-refractivity contribution in [1.82, 2.24) is 10.2 Å². The summed E-state index contributed by atoms with van der Waals surface area (Å²) >= 11 is 1.59. The Kier molecular flexibility index (Phi) is 1.72. The van der Waals surface area contributed by atoms with Crippen molar-refractivity contribution in [2.24, 2.45) is 5.41 Å². The van der Waals surface area contributed by atoms with Gasteiger partial charge in [0.2, 0.25) is 0 Å². The third-order valence-electron chi connectivity index (χ3n) is 2.21. The summed E-state index contributed by atoms with van der Waals surface area (Å²) in [5.41, 5.74) is -0.0635. The number of hydrogen-bond donors (Lipinski definition) is 0. The minimum absolute atomic E-state index is 0.0635. The van der Waals surface area contributed by atoms with Gasteiger partial charge in [0.25, 0.3) is 0 Å². The monoisotopic (exact) mass is 182 g/mol. The molecule has 0 bridgehead atoms. The summed E-state index contributed by atoms with van der Waals surface area (Å²) in [6, 6.07) is 0. The van der Waals surface area contributed by atoms with E-state index in [4.69, 9.17) is 0 Å². The first kappa shape index (κ1) is 7.86. The molecule has 0 amide bonds. The lowest BCUT2D eigenvalue weighted by atomic mass is 10.1. The number of carbonyl (C=O) groups is 1. The molecule has 1 heterocycles. The summed E-state index contributed by atoms with van der Waals surface area (Å²) in [7, 11) is 0. The van der Waals surface area contributed by atoms with Crippen LogP contribution in [-0.2, 0) is 11.2 Å². The zero-order valence-electron chi connectivity index (χ0n) is 6.91. The standard InChI is InChI=1S/C8H10N2OS/c1-6-9-10-7(12-6)4-8(5-11)2-3-8/h5H,2-4H2,1H3. The number of aldehydes is 1. The summed E-state index contributed by atoms with van der Waals surface area (Å²) in [5.74, 6) is 0. The number of aryl methyl sites for hydroxylation is 1. The van der Waals surface area contributed by atoms with Crippen molar-refractivity contribution in [2.75, 3.05) is 0 Å². The molecule has 1 aliphatic rings. The lowest BCUT2D eigenvalue weighted by Gasteiger charge is -2.00. The Balaban J connectivity index is 2.08. The quantitative estimate of drug-likeness (QED) is 0.663. The summed E-state index contributed by atoms with van der Waals surface area (Å²) in [6.07, 6.45) is 3.91. The van der Waals surface area contributed by atoms with E-state index in [1.807, 2.05) is 6.92 Å². The lowest BCUT2D eigenvalue weighted by molar-refractivity contribution is -0.112. The molecule has 64 valence electrons. The van der Waals surface area contributed by atoms with E-state index >= 15 is 0 Å². The molecule has 0 aliphatic heterocycles. The van der Waals surface area contributed by atoms with Gasteiger partial charge in [-0.1, -0.05) is 0 Å². The summed E-state index contributed by atoms with van der Waals surface area (Å²) in [6.45, 7) is 1.93. The van der Waals surface area contributed by atoms with E-state index in [9.17, 15) is 4.79 Å². The Bertz CT molecular complexity index is 304. The number of rotatable bonds is 3. The fourth-order valence-corrected chi connectivity index (χ4v) is 2.07. The van der Waals surface area contributed by atoms with Crippen LogP contribution in [0.1, 0.15) is 22.9 Å². The normalized spacial score (nSPS) is 19.1. The third kappa shape index (κ3) is 1.39. The lowest BCUT2D eigenvalue weighted by Crippen LogP contribution is -2.05. The molecule has 0 aromatic carbocycles. The number of carbonyl (C=O) groups excluding carboxylic acids is 1. The predicted octanol–water partition coefficient (Wildman–Crippen LogP) is 1.37. The zero-order valence-corrected chi connectivity index (χ0v) is 7.73. The average molecular weight is 182 g/mol. The van der Waals surface area contributed by atoms with Crippen LogP contribution in [0.5, 0.6) is 0 Å². The Morgan fingerprint density at radius 1 is 1.58 bits per heavy atom. The minimum atomic E-state index is -0.0635. The molecule has 2 rings (SSSR count). The molecule has 12 heavy (non-hydrogen) atoms. The molecule has 1 aliphatic carbocycles. The highest BCUT2D eigenvalue weighted by atomic mass is 32.1. The van der Waals surface area contributed by atoms with Crippen LogP contribution < -0.4 is 0 Å². The van der Waals surface area contributed by atoms with E-state index in [2.05, 4.69) is 10.2 Å². The first-order chi connectivity index (χ1) is 5.74. The molecule has 0 spiro atoms. The van der Waals surface area contributed by atoms with E-state index in [1.165, 1.54) is 0 Å². The molecule has 0 unspecified atom stereocenters. The first-order valence-electron chi connectivity index (χ1n) is 3.99. The van der Waals surface area contributed by atoms with Gasteiger partial charge in [-0.15, -0.1) is 21.5 Å². The second-order valence-electron chi connectivity index (χ2n) is 3.37. The summed E-state index contributed by atoms with van der Waals surface area (Å²) in [4.78, 5) is 10.7. The van der Waals surface area contributed by atoms with Gasteiger partial charge >= 0.3 is 0 Å². The molecular formula is C8H10N2OS. The van der Waals surface area contributed by atoms with Gasteiger partial charge in [-0.25, -0.2) is 0 Å². The number of aromatic nitrogens is 2. The molecule has 1 saturated carbocycles. The SMILES string of the molecule is Cc1nnc(CC2(C=O)CC2)s1. The van der Waals surface area contributed by atoms with Crippen molar-refractivity contribution >= 4 is 17.6 Å². The molecule has 0 radical (unpaired) electrons. The molecule has 0 saturated heterocycles. The summed E-state index contributed by atoms with van der Waals surface area (Å²) < 4.78 is 0. The van der Waals surface area contributed by atoms with Gasteiger partial charge in [0.15, 0.2) is 0 Å². The fraction of sp³-hybridized carbons (Fsp3) is 0.625. The highest BCUT2D eigenvalue weighted by molar-refractivity contribution is 7.11. The Labute approximate surface area is 74.8 Å². The van der Waals surface area contributed by atoms with Gasteiger partial charge in [-0.2, -0.15) is 0 Å². The molecule has 4 heteroatoms. The smallest absolute Gasteiger partial charge is 0.126 e. The van der Waals surface area contributed by atoms with Gasteiger partial charge in [0.05, 0.1) is 0 Å². The van der Waals surface area contributed by atoms with Gasteiger partial charge in [0, 0.05) is 11.8 Å². The minimum Gasteiger partial charge on any atom is -0.303 e. The molecule has 0 atom stereocenters. The topological polar surface area (TPSA) is 42.9 Å². The molecule has 1 fully saturated rings. The summed E-state index contributed by atoms with van der Waals surface area (Å²) in [5, 5.41) is 9.89. The van der Waals surface area contributed by atoms with Crippen LogP contribution in [0, 0.1) is 12.3 Å². The zero-order chi connectivity index (χ0) is 8.60. The largest absolute Gasteiger partial charge is 0.303 e. The maximum atomic E-state index is 10.7. The number of hydrogen-bond acceptors (Lipinski definition) is 4. The van der Waals surface area contributed by atoms with Crippen molar-refractivity contribution in [2.45, 2.75) is 26.2 Å². The average Bonchev–Trinajstić information content (AvgIpc) is 2.71. The molecular weight excluding hydrogens is 172 g/mol. The van der Waals surface area contributed by atoms with Gasteiger partial charge in [0.1, 0.15) is 16.3 Å². The van der Waals surface area contributed by atoms with E-state index in [0.29, 0.717) is 0 Å². The van der Waals surface area contributed by atoms with Gasteiger partial charge in [-0.05, 0) is 19.8 Å². The van der Waals surface area contributed by atoms with Crippen LogP contribution in [0.25, 0.3) is 0 Å². The molecule has 0 N–H and O–H groups in total. The third-order valence-corrected chi connectivity index (χ3v) is 3.05. The Hall–Kier alpha value is -0.770. The van der Waals surface area contributed by atoms with E-state index in [1.54, 1.807) is 11.3 Å².